The summed E-state index contributed by atoms with van der Waals surface area (Å²) in [5, 5.41) is 13.2. The molecule has 1 saturated carbocycles. The molecule has 17 heavy (non-hydrogen) atoms. The Morgan fingerprint density at radius 3 is 3.00 bits per heavy atom. The van der Waals surface area contributed by atoms with Gasteiger partial charge in [0.2, 0.25) is 0 Å². The Kier molecular flexibility index (Phi) is 2.21. The molecule has 1 aliphatic carbocycles. The Labute approximate surface area is 97.4 Å². The molecule has 0 bridgehead atoms. The smallest absolute Gasteiger partial charge is 0.277 e. The number of hydrogen-bond donors (Lipinski definition) is 2. The van der Waals surface area contributed by atoms with Crippen molar-refractivity contribution in [2.75, 3.05) is 5.32 Å². The molecule has 0 aromatic carbocycles. The second-order valence-corrected chi connectivity index (χ2v) is 4.26. The average molecular weight is 232 g/mol. The summed E-state index contributed by atoms with van der Waals surface area (Å²) < 4.78 is 4.86. The van der Waals surface area contributed by atoms with Gasteiger partial charge in [-0.05, 0) is 25.8 Å². The Hall–Kier alpha value is -2.11. The largest absolute Gasteiger partial charge is 0.360 e. The number of aromatic nitrogens is 3. The number of amides is 1. The molecule has 0 radical (unpaired) electrons. The van der Waals surface area contributed by atoms with Crippen LogP contribution in [0.3, 0.4) is 0 Å². The molecule has 1 fully saturated rings. The fourth-order valence-corrected chi connectivity index (χ4v) is 1.66. The summed E-state index contributed by atoms with van der Waals surface area (Å²) in [6.45, 7) is 1.77. The van der Waals surface area contributed by atoms with E-state index in [0.29, 0.717) is 23.2 Å². The van der Waals surface area contributed by atoms with Crippen molar-refractivity contribution in [3.05, 3.63) is 29.3 Å². The molecule has 2 aromatic rings. The highest BCUT2D eigenvalue weighted by atomic mass is 16.5. The first-order valence-corrected chi connectivity index (χ1v) is 5.52. The molecule has 1 aliphatic rings. The van der Waals surface area contributed by atoms with Crippen molar-refractivity contribution in [1.82, 2.24) is 15.4 Å². The van der Waals surface area contributed by atoms with E-state index in [1.54, 1.807) is 19.1 Å². The average Bonchev–Trinajstić information content (AvgIpc) is 2.88. The second-order valence-electron chi connectivity index (χ2n) is 4.26. The van der Waals surface area contributed by atoms with Gasteiger partial charge in [-0.1, -0.05) is 5.16 Å². The summed E-state index contributed by atoms with van der Waals surface area (Å²) in [6.07, 6.45) is 2.34. The number of rotatable bonds is 3. The van der Waals surface area contributed by atoms with Crippen LogP contribution in [0.5, 0.6) is 0 Å². The Balaban J connectivity index is 1.72. The molecule has 6 heteroatoms. The Morgan fingerprint density at radius 2 is 2.35 bits per heavy atom. The Morgan fingerprint density at radius 1 is 1.53 bits per heavy atom. The highest BCUT2D eigenvalue weighted by Gasteiger charge is 2.26. The van der Waals surface area contributed by atoms with E-state index in [4.69, 9.17) is 4.52 Å². The van der Waals surface area contributed by atoms with E-state index >= 15 is 0 Å². The molecule has 2 aromatic heterocycles. The van der Waals surface area contributed by atoms with Gasteiger partial charge in [0.1, 0.15) is 5.76 Å². The molecule has 0 spiro atoms. The number of aryl methyl sites for hydroxylation is 1. The molecule has 3 rings (SSSR count). The zero-order chi connectivity index (χ0) is 11.8. The van der Waals surface area contributed by atoms with Crippen molar-refractivity contribution in [2.24, 2.45) is 0 Å². The van der Waals surface area contributed by atoms with E-state index in [0.717, 1.165) is 5.69 Å². The fraction of sp³-hybridized carbons (Fsp3) is 0.364. The standard InChI is InChI=1S/C11H12N4O2/c1-6-4-10(15-17-6)12-11(16)9-5-8(13-14-9)7-2-3-7/h4-5,7H,2-3H2,1H3,(H,13,14)(H,12,15,16). The molecule has 2 N–H and O–H groups in total. The van der Waals surface area contributed by atoms with E-state index in [2.05, 4.69) is 20.7 Å². The summed E-state index contributed by atoms with van der Waals surface area (Å²) in [5.74, 6) is 1.34. The van der Waals surface area contributed by atoms with Crippen LogP contribution in [0, 0.1) is 6.92 Å². The van der Waals surface area contributed by atoms with Gasteiger partial charge in [0.15, 0.2) is 11.5 Å². The van der Waals surface area contributed by atoms with Gasteiger partial charge in [-0.25, -0.2) is 0 Å². The van der Waals surface area contributed by atoms with Gasteiger partial charge < -0.3 is 9.84 Å². The van der Waals surface area contributed by atoms with Crippen LogP contribution in [-0.2, 0) is 0 Å². The first-order chi connectivity index (χ1) is 8.22. The maximum Gasteiger partial charge on any atom is 0.277 e. The molecule has 0 atom stereocenters. The molecular weight excluding hydrogens is 220 g/mol. The molecule has 88 valence electrons. The number of nitrogens with zero attached hydrogens (tertiary/aromatic N) is 2. The molecule has 2 heterocycles. The summed E-state index contributed by atoms with van der Waals surface area (Å²) in [4.78, 5) is 11.8. The van der Waals surface area contributed by atoms with Gasteiger partial charge in [-0.15, -0.1) is 0 Å². The first-order valence-electron chi connectivity index (χ1n) is 5.52. The zero-order valence-electron chi connectivity index (χ0n) is 9.36. The van der Waals surface area contributed by atoms with Crippen LogP contribution in [-0.4, -0.2) is 21.3 Å². The van der Waals surface area contributed by atoms with E-state index in [-0.39, 0.29) is 5.91 Å². The van der Waals surface area contributed by atoms with Gasteiger partial charge in [0.05, 0.1) is 0 Å². The topological polar surface area (TPSA) is 83.8 Å². The zero-order valence-corrected chi connectivity index (χ0v) is 9.36. The van der Waals surface area contributed by atoms with Crippen molar-refractivity contribution in [1.29, 1.82) is 0 Å². The quantitative estimate of drug-likeness (QED) is 0.845. The minimum absolute atomic E-state index is 0.276. The SMILES string of the molecule is Cc1cc(NC(=O)c2cc(C3CC3)[nH]n2)no1. The number of carbonyl (C=O) groups excluding carboxylic acids is 1. The second kappa shape index (κ2) is 3.73. The number of anilines is 1. The van der Waals surface area contributed by atoms with Crippen LogP contribution in [0.25, 0.3) is 0 Å². The number of H-pyrrole nitrogens is 1. The highest BCUT2D eigenvalue weighted by Crippen LogP contribution is 2.38. The summed E-state index contributed by atoms with van der Waals surface area (Å²) in [7, 11) is 0. The molecular formula is C11H12N4O2. The normalized spacial score (nSPS) is 14.9. The lowest BCUT2D eigenvalue weighted by atomic mass is 10.2. The van der Waals surface area contributed by atoms with Crippen LogP contribution in [0.2, 0.25) is 0 Å². The first kappa shape index (κ1) is 10.1. The summed E-state index contributed by atoms with van der Waals surface area (Å²) in [5.41, 5.74) is 1.42. The lowest BCUT2D eigenvalue weighted by Crippen LogP contribution is -2.12. The maximum atomic E-state index is 11.8. The third-order valence-corrected chi connectivity index (χ3v) is 2.72. The number of nitrogens with one attached hydrogen (secondary N) is 2. The third kappa shape index (κ3) is 2.06. The van der Waals surface area contributed by atoms with E-state index in [9.17, 15) is 4.79 Å². The highest BCUT2D eigenvalue weighted by molar-refractivity contribution is 6.02. The maximum absolute atomic E-state index is 11.8. The molecule has 1 amide bonds. The predicted octanol–water partition coefficient (Wildman–Crippen LogP) is 1.84. The molecule has 0 aliphatic heterocycles. The Bertz CT molecular complexity index is 553. The van der Waals surface area contributed by atoms with Gasteiger partial charge in [-0.3, -0.25) is 9.89 Å². The lowest BCUT2D eigenvalue weighted by Gasteiger charge is -1.95. The third-order valence-electron chi connectivity index (χ3n) is 2.72. The fourth-order valence-electron chi connectivity index (χ4n) is 1.66. The van der Waals surface area contributed by atoms with Crippen LogP contribution in [0.4, 0.5) is 5.82 Å². The minimum Gasteiger partial charge on any atom is -0.360 e. The summed E-state index contributed by atoms with van der Waals surface area (Å²) >= 11 is 0. The molecule has 0 saturated heterocycles. The van der Waals surface area contributed by atoms with Gasteiger partial charge >= 0.3 is 0 Å². The molecule has 0 unspecified atom stereocenters. The van der Waals surface area contributed by atoms with Gasteiger partial charge in [0, 0.05) is 17.7 Å². The van der Waals surface area contributed by atoms with Gasteiger partial charge in [-0.2, -0.15) is 5.10 Å². The monoisotopic (exact) mass is 232 g/mol. The summed E-state index contributed by atoms with van der Waals surface area (Å²) in [6, 6.07) is 3.45. The number of hydrogen-bond acceptors (Lipinski definition) is 4. The van der Waals surface area contributed by atoms with E-state index < -0.39 is 0 Å². The van der Waals surface area contributed by atoms with Crippen molar-refractivity contribution in [2.45, 2.75) is 25.7 Å². The lowest BCUT2D eigenvalue weighted by molar-refractivity contribution is 0.102. The van der Waals surface area contributed by atoms with Crippen molar-refractivity contribution in [3.63, 3.8) is 0 Å². The van der Waals surface area contributed by atoms with Gasteiger partial charge in [0.25, 0.3) is 5.91 Å². The van der Waals surface area contributed by atoms with Crippen LogP contribution in [0.1, 0.15) is 40.7 Å². The van der Waals surface area contributed by atoms with Crippen molar-refractivity contribution in [3.8, 4) is 0 Å². The van der Waals surface area contributed by atoms with Crippen LogP contribution < -0.4 is 5.32 Å². The van der Waals surface area contributed by atoms with Crippen LogP contribution >= 0.6 is 0 Å². The van der Waals surface area contributed by atoms with E-state index in [1.807, 2.05) is 0 Å². The predicted molar refractivity (Wildman–Crippen MR) is 59.8 cm³/mol. The van der Waals surface area contributed by atoms with Crippen molar-refractivity contribution < 1.29 is 9.32 Å². The van der Waals surface area contributed by atoms with Crippen molar-refractivity contribution >= 4 is 11.7 Å². The number of aromatic amines is 1. The molecule has 6 nitrogen and oxygen atoms in total. The minimum atomic E-state index is -0.276. The number of carbonyl (C=O) groups is 1. The van der Waals surface area contributed by atoms with E-state index in [1.165, 1.54) is 12.8 Å². The van der Waals surface area contributed by atoms with Crippen LogP contribution in [0.15, 0.2) is 16.7 Å².